The second-order valence-electron chi connectivity index (χ2n) is 9.59. The van der Waals surface area contributed by atoms with Gasteiger partial charge in [-0.3, -0.25) is 5.43 Å². The summed E-state index contributed by atoms with van der Waals surface area (Å²) in [7, 11) is 1.63. The lowest BCUT2D eigenvalue weighted by molar-refractivity contribution is 0.211. The van der Waals surface area contributed by atoms with Crippen molar-refractivity contribution in [3.63, 3.8) is 0 Å². The zero-order chi connectivity index (χ0) is 26.2. The maximum Gasteiger partial charge on any atom is 0.229 e. The lowest BCUT2D eigenvalue weighted by atomic mass is 10.2. The lowest BCUT2D eigenvalue weighted by Gasteiger charge is -2.21. The van der Waals surface area contributed by atoms with Crippen LogP contribution in [0.1, 0.15) is 36.8 Å². The summed E-state index contributed by atoms with van der Waals surface area (Å²) in [5.74, 6) is 4.57. The lowest BCUT2D eigenvalue weighted by Crippen LogP contribution is -2.24. The smallest absolute Gasteiger partial charge is 0.229 e. The Morgan fingerprint density at radius 3 is 2.39 bits per heavy atom. The van der Waals surface area contributed by atoms with Crippen molar-refractivity contribution in [3.8, 4) is 17.2 Å². The average Bonchev–Trinajstić information content (AvgIpc) is 3.67. The summed E-state index contributed by atoms with van der Waals surface area (Å²) in [6, 6.07) is 15.7. The van der Waals surface area contributed by atoms with Gasteiger partial charge in [0.2, 0.25) is 5.95 Å². The Hall–Kier alpha value is -4.01. The van der Waals surface area contributed by atoms with Crippen LogP contribution in [0.3, 0.4) is 0 Å². The normalized spacial score (nSPS) is 15.3. The predicted molar refractivity (Wildman–Crippen MR) is 151 cm³/mol. The number of benzene rings is 2. The fraction of sp³-hybridized carbons (Fsp3) is 0.414. The minimum atomic E-state index is 0.408. The molecule has 2 fully saturated rings. The number of nitrogens with zero attached hydrogens (tertiary/aromatic N) is 5. The van der Waals surface area contributed by atoms with Gasteiger partial charge >= 0.3 is 0 Å². The Kier molecular flexibility index (Phi) is 8.42. The van der Waals surface area contributed by atoms with Gasteiger partial charge in [-0.05, 0) is 74.1 Å². The molecule has 0 spiro atoms. The number of hydrogen-bond acceptors (Lipinski definition) is 9. The van der Waals surface area contributed by atoms with Crippen molar-refractivity contribution < 1.29 is 14.2 Å². The van der Waals surface area contributed by atoms with Crippen LogP contribution in [-0.2, 0) is 0 Å². The van der Waals surface area contributed by atoms with Crippen LogP contribution in [0.5, 0.6) is 17.2 Å². The van der Waals surface area contributed by atoms with Crippen molar-refractivity contribution in [3.05, 3.63) is 59.7 Å². The van der Waals surface area contributed by atoms with Gasteiger partial charge in [-0.2, -0.15) is 15.1 Å². The molecule has 2 aromatic carbocycles. The number of ether oxygens (including phenoxy) is 3. The molecule has 0 radical (unpaired) electrons. The van der Waals surface area contributed by atoms with Gasteiger partial charge in [0.05, 0.1) is 13.3 Å². The second kappa shape index (κ2) is 12.5. The van der Waals surface area contributed by atoms with Crippen LogP contribution in [0.15, 0.2) is 53.6 Å². The predicted octanol–water partition coefficient (Wildman–Crippen LogP) is 4.90. The summed E-state index contributed by atoms with van der Waals surface area (Å²) < 4.78 is 17.2. The molecule has 3 aromatic rings. The molecule has 38 heavy (non-hydrogen) atoms. The molecular formula is C29H36N6O3. The molecule has 0 unspecified atom stereocenters. The van der Waals surface area contributed by atoms with Crippen molar-refractivity contribution in [2.24, 2.45) is 5.10 Å². The molecule has 9 nitrogen and oxygen atoms in total. The Morgan fingerprint density at radius 1 is 0.868 bits per heavy atom. The molecule has 5 rings (SSSR count). The molecule has 0 bridgehead atoms. The molecule has 0 atom stereocenters. The van der Waals surface area contributed by atoms with Crippen LogP contribution in [0.4, 0.5) is 17.6 Å². The zero-order valence-electron chi connectivity index (χ0n) is 22.2. The molecule has 0 aliphatic carbocycles. The maximum absolute atomic E-state index is 5.90. The zero-order valence-corrected chi connectivity index (χ0v) is 22.2. The van der Waals surface area contributed by atoms with Crippen molar-refractivity contribution in [1.82, 2.24) is 9.97 Å². The van der Waals surface area contributed by atoms with Crippen LogP contribution in [0.25, 0.3) is 0 Å². The highest BCUT2D eigenvalue weighted by Crippen LogP contribution is 2.28. The Balaban J connectivity index is 1.20. The van der Waals surface area contributed by atoms with E-state index in [9.17, 15) is 0 Å². The van der Waals surface area contributed by atoms with Gasteiger partial charge in [0.15, 0.2) is 17.3 Å². The van der Waals surface area contributed by atoms with Crippen LogP contribution in [0, 0.1) is 6.92 Å². The summed E-state index contributed by atoms with van der Waals surface area (Å²) in [6.07, 6.45) is 6.51. The summed E-state index contributed by atoms with van der Waals surface area (Å²) >= 11 is 0. The number of rotatable bonds is 11. The first-order chi connectivity index (χ1) is 18.7. The number of anilines is 3. The SMILES string of the molecule is COc1cc(C=NNc2cc(N3CCCC3)nc(N3CCCC3)n2)ccc1OCCOc1cccc(C)c1. The topological polar surface area (TPSA) is 84.3 Å². The van der Waals surface area contributed by atoms with E-state index in [0.717, 1.165) is 54.8 Å². The van der Waals surface area contributed by atoms with Crippen LogP contribution in [-0.4, -0.2) is 62.7 Å². The second-order valence-corrected chi connectivity index (χ2v) is 9.59. The van der Waals surface area contributed by atoms with E-state index in [0.29, 0.717) is 30.5 Å². The number of aromatic nitrogens is 2. The van der Waals surface area contributed by atoms with Crippen LogP contribution < -0.4 is 29.4 Å². The third-order valence-corrected chi connectivity index (χ3v) is 6.70. The fourth-order valence-electron chi connectivity index (χ4n) is 4.72. The van der Waals surface area contributed by atoms with Crippen molar-refractivity contribution >= 4 is 23.8 Å². The van der Waals surface area contributed by atoms with E-state index in [-0.39, 0.29) is 0 Å². The molecule has 0 amide bonds. The van der Waals surface area contributed by atoms with Crippen LogP contribution >= 0.6 is 0 Å². The number of aryl methyl sites for hydroxylation is 1. The molecule has 3 heterocycles. The molecule has 1 N–H and O–H groups in total. The standard InChI is InChI=1S/C29H36N6O3/c1-22-8-7-9-24(18-22)37-16-17-38-25-11-10-23(19-26(25)36-2)21-30-33-27-20-28(34-12-3-4-13-34)32-29(31-27)35-14-5-6-15-35/h7-11,18-21H,3-6,12-17H2,1-2H3,(H,31,32,33). The van der Waals surface area contributed by atoms with E-state index < -0.39 is 0 Å². The van der Waals surface area contributed by atoms with Gasteiger partial charge in [0, 0.05) is 32.2 Å². The third kappa shape index (κ3) is 6.65. The van der Waals surface area contributed by atoms with E-state index in [2.05, 4.69) is 20.3 Å². The van der Waals surface area contributed by atoms with E-state index >= 15 is 0 Å². The molecule has 0 saturated carbocycles. The molecule has 200 valence electrons. The quantitative estimate of drug-likeness (QED) is 0.219. The summed E-state index contributed by atoms with van der Waals surface area (Å²) in [5.41, 5.74) is 5.15. The number of hydrazone groups is 1. The first kappa shape index (κ1) is 25.6. The highest BCUT2D eigenvalue weighted by atomic mass is 16.5. The first-order valence-corrected chi connectivity index (χ1v) is 13.4. The highest BCUT2D eigenvalue weighted by molar-refractivity contribution is 5.81. The van der Waals surface area contributed by atoms with E-state index in [4.69, 9.17) is 24.2 Å². The minimum Gasteiger partial charge on any atom is -0.493 e. The molecule has 9 heteroatoms. The van der Waals surface area contributed by atoms with Gasteiger partial charge in [-0.1, -0.05) is 12.1 Å². The third-order valence-electron chi connectivity index (χ3n) is 6.70. The molecule has 1 aromatic heterocycles. The Bertz CT molecular complexity index is 1200. The van der Waals surface area contributed by atoms with Crippen LogP contribution in [0.2, 0.25) is 0 Å². The van der Waals surface area contributed by atoms with Crippen molar-refractivity contribution in [2.45, 2.75) is 32.6 Å². The van der Waals surface area contributed by atoms with E-state index in [1.165, 1.54) is 25.7 Å². The summed E-state index contributed by atoms with van der Waals surface area (Å²) in [5, 5.41) is 4.45. The van der Waals surface area contributed by atoms with Gasteiger partial charge in [-0.25, -0.2) is 0 Å². The number of hydrogen-bond donors (Lipinski definition) is 1. The van der Waals surface area contributed by atoms with E-state index in [1.807, 2.05) is 55.5 Å². The fourth-order valence-corrected chi connectivity index (χ4v) is 4.72. The number of nitrogens with one attached hydrogen (secondary N) is 1. The van der Waals surface area contributed by atoms with Gasteiger partial charge in [-0.15, -0.1) is 0 Å². The van der Waals surface area contributed by atoms with Gasteiger partial charge in [0.1, 0.15) is 24.8 Å². The maximum atomic E-state index is 5.90. The molecule has 2 saturated heterocycles. The molecule has 2 aliphatic rings. The van der Waals surface area contributed by atoms with E-state index in [1.54, 1.807) is 13.3 Å². The highest BCUT2D eigenvalue weighted by Gasteiger charge is 2.20. The average molecular weight is 517 g/mol. The summed E-state index contributed by atoms with van der Waals surface area (Å²) in [6.45, 7) is 6.96. The van der Waals surface area contributed by atoms with Gasteiger partial charge in [0.25, 0.3) is 0 Å². The largest absolute Gasteiger partial charge is 0.493 e. The monoisotopic (exact) mass is 516 g/mol. The van der Waals surface area contributed by atoms with Crippen molar-refractivity contribution in [2.75, 3.05) is 61.7 Å². The van der Waals surface area contributed by atoms with Gasteiger partial charge < -0.3 is 24.0 Å². The van der Waals surface area contributed by atoms with Crippen molar-refractivity contribution in [1.29, 1.82) is 0 Å². The molecular weight excluding hydrogens is 480 g/mol. The summed E-state index contributed by atoms with van der Waals surface area (Å²) in [4.78, 5) is 14.2. The number of methoxy groups -OCH3 is 1. The first-order valence-electron chi connectivity index (χ1n) is 13.4. The molecule has 2 aliphatic heterocycles. The minimum absolute atomic E-state index is 0.408. The Morgan fingerprint density at radius 2 is 1.63 bits per heavy atom. The Labute approximate surface area is 224 Å².